The van der Waals surface area contributed by atoms with Gasteiger partial charge in [-0.1, -0.05) is 0 Å². The lowest BCUT2D eigenvalue weighted by Gasteiger charge is -1.87. The maximum absolute atomic E-state index is 10.9. The number of nitrogens with zero attached hydrogens (tertiary/aromatic N) is 3. The molecule has 12 heavy (non-hydrogen) atoms. The second kappa shape index (κ2) is 2.59. The summed E-state index contributed by atoms with van der Waals surface area (Å²) in [5.74, 6) is 0.320. The van der Waals surface area contributed by atoms with Gasteiger partial charge in [0.2, 0.25) is 5.88 Å². The van der Waals surface area contributed by atoms with Crippen molar-refractivity contribution in [1.82, 2.24) is 20.2 Å². The zero-order chi connectivity index (χ0) is 8.55. The molecule has 0 saturated heterocycles. The summed E-state index contributed by atoms with van der Waals surface area (Å²) in [5, 5.41) is 8.94. The molecule has 0 aliphatic heterocycles. The van der Waals surface area contributed by atoms with Crippen LogP contribution < -0.4 is 5.69 Å². The normalized spacial score (nSPS) is 10.4. The van der Waals surface area contributed by atoms with E-state index in [1.807, 2.05) is 0 Å². The number of hydrogen-bond acceptors (Lipinski definition) is 4. The van der Waals surface area contributed by atoms with Crippen molar-refractivity contribution in [3.63, 3.8) is 0 Å². The van der Waals surface area contributed by atoms with Gasteiger partial charge in [-0.2, -0.15) is 0 Å². The van der Waals surface area contributed by atoms with E-state index in [0.29, 0.717) is 10.6 Å². The highest BCUT2D eigenvalue weighted by atomic mass is 79.9. The Morgan fingerprint density at radius 3 is 2.92 bits per heavy atom. The average molecular weight is 231 g/mol. The SMILES string of the molecule is O=c1[nH]nnn1-c1ccc(Br)o1. The third-order valence-corrected chi connectivity index (χ3v) is 1.67. The van der Waals surface area contributed by atoms with Gasteiger partial charge in [0.25, 0.3) is 0 Å². The molecule has 2 heterocycles. The van der Waals surface area contributed by atoms with Crippen molar-refractivity contribution >= 4 is 15.9 Å². The Hall–Kier alpha value is -1.37. The van der Waals surface area contributed by atoms with Gasteiger partial charge in [0.15, 0.2) is 4.67 Å². The van der Waals surface area contributed by atoms with Crippen molar-refractivity contribution < 1.29 is 4.42 Å². The number of nitrogens with one attached hydrogen (secondary N) is 1. The number of aromatic nitrogens is 4. The maximum Gasteiger partial charge on any atom is 0.368 e. The van der Waals surface area contributed by atoms with Crippen molar-refractivity contribution in [3.05, 3.63) is 27.3 Å². The molecule has 6 nitrogen and oxygen atoms in total. The van der Waals surface area contributed by atoms with Gasteiger partial charge >= 0.3 is 5.69 Å². The Morgan fingerprint density at radius 2 is 2.42 bits per heavy atom. The molecule has 0 spiro atoms. The standard InChI is InChI=1S/C5H3BrN4O2/c6-3-1-2-4(12-3)10-5(11)7-8-9-10/h1-2H,(H,7,9,11). The summed E-state index contributed by atoms with van der Waals surface area (Å²) in [6, 6.07) is 3.27. The summed E-state index contributed by atoms with van der Waals surface area (Å²) >= 11 is 3.10. The molecular formula is C5H3BrN4O2. The number of hydrogen-bond donors (Lipinski definition) is 1. The number of furan rings is 1. The maximum atomic E-state index is 10.9. The average Bonchev–Trinajstić information content (AvgIpc) is 2.58. The summed E-state index contributed by atoms with van der Waals surface area (Å²) in [4.78, 5) is 10.9. The Morgan fingerprint density at radius 1 is 1.58 bits per heavy atom. The van der Waals surface area contributed by atoms with Gasteiger partial charge in [-0.3, -0.25) is 0 Å². The van der Waals surface area contributed by atoms with Gasteiger partial charge in [-0.15, -0.1) is 4.68 Å². The summed E-state index contributed by atoms with van der Waals surface area (Å²) in [5.41, 5.74) is -0.433. The number of H-pyrrole nitrogens is 1. The Kier molecular flexibility index (Phi) is 1.58. The molecule has 2 aromatic heterocycles. The number of rotatable bonds is 1. The summed E-state index contributed by atoms with van der Waals surface area (Å²) in [6.45, 7) is 0. The number of tetrazole rings is 1. The molecule has 0 atom stereocenters. The van der Waals surface area contributed by atoms with Gasteiger partial charge in [-0.25, -0.2) is 9.89 Å². The molecule has 2 rings (SSSR count). The first-order chi connectivity index (χ1) is 5.77. The lowest BCUT2D eigenvalue weighted by molar-refractivity contribution is 0.493. The predicted molar refractivity (Wildman–Crippen MR) is 41.9 cm³/mol. The molecule has 0 unspecified atom stereocenters. The van der Waals surface area contributed by atoms with E-state index in [9.17, 15) is 4.79 Å². The quantitative estimate of drug-likeness (QED) is 0.766. The third-order valence-electron chi connectivity index (χ3n) is 1.24. The second-order valence-corrected chi connectivity index (χ2v) is 2.78. The highest BCUT2D eigenvalue weighted by Gasteiger charge is 2.06. The van der Waals surface area contributed by atoms with E-state index in [2.05, 4.69) is 31.5 Å². The van der Waals surface area contributed by atoms with E-state index in [1.165, 1.54) is 0 Å². The Bertz CT molecular complexity index is 442. The zero-order valence-corrected chi connectivity index (χ0v) is 7.28. The lowest BCUT2D eigenvalue weighted by atomic mass is 10.6. The van der Waals surface area contributed by atoms with Gasteiger partial charge in [0.05, 0.1) is 0 Å². The van der Waals surface area contributed by atoms with E-state index < -0.39 is 5.69 Å². The first kappa shape index (κ1) is 7.29. The fourth-order valence-electron chi connectivity index (χ4n) is 0.761. The minimum atomic E-state index is -0.433. The van der Waals surface area contributed by atoms with Crippen LogP contribution >= 0.6 is 15.9 Å². The smallest absolute Gasteiger partial charge is 0.368 e. The van der Waals surface area contributed by atoms with Crippen LogP contribution in [0.5, 0.6) is 0 Å². The molecule has 0 amide bonds. The number of aromatic amines is 1. The molecule has 0 saturated carbocycles. The van der Waals surface area contributed by atoms with E-state index in [-0.39, 0.29) is 0 Å². The monoisotopic (exact) mass is 230 g/mol. The van der Waals surface area contributed by atoms with E-state index >= 15 is 0 Å². The first-order valence-corrected chi connectivity index (χ1v) is 3.83. The second-order valence-electron chi connectivity index (χ2n) is 2.00. The minimum absolute atomic E-state index is 0.320. The van der Waals surface area contributed by atoms with Gasteiger partial charge in [0, 0.05) is 6.07 Å². The van der Waals surface area contributed by atoms with E-state index in [4.69, 9.17) is 4.42 Å². The lowest BCUT2D eigenvalue weighted by Crippen LogP contribution is -2.15. The molecule has 0 radical (unpaired) electrons. The summed E-state index contributed by atoms with van der Waals surface area (Å²) in [7, 11) is 0. The van der Waals surface area contributed by atoms with E-state index in [1.54, 1.807) is 12.1 Å². The van der Waals surface area contributed by atoms with Crippen LogP contribution in [0, 0.1) is 0 Å². The van der Waals surface area contributed by atoms with Crippen LogP contribution in [0.15, 0.2) is 26.0 Å². The van der Waals surface area contributed by atoms with Crippen LogP contribution in [-0.2, 0) is 0 Å². The predicted octanol–water partition coefficient (Wildman–Crippen LogP) is 0.311. The van der Waals surface area contributed by atoms with Crippen LogP contribution in [0.4, 0.5) is 0 Å². The molecule has 2 aromatic rings. The highest BCUT2D eigenvalue weighted by Crippen LogP contribution is 2.15. The van der Waals surface area contributed by atoms with Crippen molar-refractivity contribution in [1.29, 1.82) is 0 Å². The van der Waals surface area contributed by atoms with Crippen LogP contribution in [0.25, 0.3) is 5.88 Å². The van der Waals surface area contributed by atoms with Crippen LogP contribution in [0.3, 0.4) is 0 Å². The van der Waals surface area contributed by atoms with Gasteiger partial charge in [-0.05, 0) is 32.4 Å². The van der Waals surface area contributed by atoms with Crippen LogP contribution in [0.2, 0.25) is 0 Å². The molecule has 0 aliphatic carbocycles. The van der Waals surface area contributed by atoms with Gasteiger partial charge in [0.1, 0.15) is 0 Å². The molecule has 62 valence electrons. The van der Waals surface area contributed by atoms with Crippen molar-refractivity contribution in [2.75, 3.05) is 0 Å². The third kappa shape index (κ3) is 1.07. The number of halogens is 1. The van der Waals surface area contributed by atoms with E-state index in [0.717, 1.165) is 4.68 Å². The minimum Gasteiger partial charge on any atom is -0.431 e. The topological polar surface area (TPSA) is 76.7 Å². The highest BCUT2D eigenvalue weighted by molar-refractivity contribution is 9.10. The molecular weight excluding hydrogens is 228 g/mol. The van der Waals surface area contributed by atoms with Crippen LogP contribution in [-0.4, -0.2) is 20.2 Å². The largest absolute Gasteiger partial charge is 0.431 e. The van der Waals surface area contributed by atoms with Crippen molar-refractivity contribution in [2.45, 2.75) is 0 Å². The first-order valence-electron chi connectivity index (χ1n) is 3.03. The fraction of sp³-hybridized carbons (Fsp3) is 0. The summed E-state index contributed by atoms with van der Waals surface area (Å²) < 4.78 is 6.62. The molecule has 0 aromatic carbocycles. The zero-order valence-electron chi connectivity index (χ0n) is 5.69. The van der Waals surface area contributed by atoms with Crippen molar-refractivity contribution in [2.24, 2.45) is 0 Å². The van der Waals surface area contributed by atoms with Crippen LogP contribution in [0.1, 0.15) is 0 Å². The van der Waals surface area contributed by atoms with Gasteiger partial charge < -0.3 is 4.42 Å². The molecule has 0 fully saturated rings. The molecule has 7 heteroatoms. The fourth-order valence-corrected chi connectivity index (χ4v) is 1.06. The molecule has 0 aliphatic rings. The summed E-state index contributed by atoms with van der Waals surface area (Å²) in [6.07, 6.45) is 0. The Balaban J connectivity index is 2.58. The molecule has 1 N–H and O–H groups in total. The molecule has 0 bridgehead atoms. The Labute approximate surface area is 74.3 Å². The van der Waals surface area contributed by atoms with Crippen molar-refractivity contribution in [3.8, 4) is 5.88 Å².